The monoisotopic (exact) mass is 382 g/mol. The van der Waals surface area contributed by atoms with Gasteiger partial charge in [0.15, 0.2) is 0 Å². The standard InChI is InChI=1S/C12H17Br2ClN2/c1-2-3-9(4-5-15)7-16-12-11(14)6-10(13)8-17-12/h6,8-9H,2-5,7H2,1H3,(H,16,17). The summed E-state index contributed by atoms with van der Waals surface area (Å²) < 4.78 is 1.95. The van der Waals surface area contributed by atoms with Crippen molar-refractivity contribution in [3.8, 4) is 0 Å². The van der Waals surface area contributed by atoms with Gasteiger partial charge in [-0.15, -0.1) is 11.6 Å². The third kappa shape index (κ3) is 5.58. The van der Waals surface area contributed by atoms with E-state index < -0.39 is 0 Å². The fraction of sp³-hybridized carbons (Fsp3) is 0.583. The molecule has 1 rings (SSSR count). The van der Waals surface area contributed by atoms with Crippen LogP contribution in [-0.4, -0.2) is 17.4 Å². The second kappa shape index (κ2) is 8.33. The smallest absolute Gasteiger partial charge is 0.140 e. The second-order valence-corrected chi connectivity index (χ2v) is 6.15. The highest BCUT2D eigenvalue weighted by molar-refractivity contribution is 9.11. The minimum absolute atomic E-state index is 0.620. The molecule has 1 N–H and O–H groups in total. The minimum Gasteiger partial charge on any atom is -0.369 e. The Hall–Kier alpha value is 0.200. The molecule has 1 heterocycles. The van der Waals surface area contributed by atoms with E-state index in [1.807, 2.05) is 6.07 Å². The lowest BCUT2D eigenvalue weighted by Gasteiger charge is -2.16. The third-order valence-electron chi connectivity index (χ3n) is 2.58. The van der Waals surface area contributed by atoms with Crippen LogP contribution in [0.2, 0.25) is 0 Å². The fourth-order valence-electron chi connectivity index (χ4n) is 1.70. The normalized spacial score (nSPS) is 12.5. The van der Waals surface area contributed by atoms with Gasteiger partial charge in [0, 0.05) is 23.1 Å². The molecule has 0 aliphatic rings. The molecule has 0 aliphatic heterocycles. The number of nitrogens with zero attached hydrogens (tertiary/aromatic N) is 1. The van der Waals surface area contributed by atoms with Crippen LogP contribution >= 0.6 is 43.5 Å². The van der Waals surface area contributed by atoms with Crippen LogP contribution in [-0.2, 0) is 0 Å². The Balaban J connectivity index is 2.52. The first-order chi connectivity index (χ1) is 8.17. The van der Waals surface area contributed by atoms with Crippen molar-refractivity contribution >= 4 is 49.3 Å². The van der Waals surface area contributed by atoms with Crippen molar-refractivity contribution in [2.24, 2.45) is 5.92 Å². The van der Waals surface area contributed by atoms with Crippen molar-refractivity contribution in [3.05, 3.63) is 21.2 Å². The Bertz CT molecular complexity index is 341. The molecule has 5 heteroatoms. The molecular weight excluding hydrogens is 367 g/mol. The number of hydrogen-bond donors (Lipinski definition) is 1. The van der Waals surface area contributed by atoms with Crippen molar-refractivity contribution in [2.75, 3.05) is 17.7 Å². The predicted molar refractivity (Wildman–Crippen MR) is 81.9 cm³/mol. The van der Waals surface area contributed by atoms with E-state index in [1.54, 1.807) is 6.20 Å². The molecule has 0 amide bonds. The van der Waals surface area contributed by atoms with Crippen molar-refractivity contribution in [1.82, 2.24) is 4.98 Å². The quantitative estimate of drug-likeness (QED) is 0.665. The van der Waals surface area contributed by atoms with Gasteiger partial charge in [-0.3, -0.25) is 0 Å². The predicted octanol–water partition coefficient (Wildman–Crippen LogP) is 5.06. The number of alkyl halides is 1. The maximum atomic E-state index is 5.81. The zero-order chi connectivity index (χ0) is 12.7. The van der Waals surface area contributed by atoms with Crippen LogP contribution in [0.15, 0.2) is 21.2 Å². The van der Waals surface area contributed by atoms with Gasteiger partial charge in [-0.1, -0.05) is 13.3 Å². The molecule has 0 saturated heterocycles. The Morgan fingerprint density at radius 3 is 2.76 bits per heavy atom. The largest absolute Gasteiger partial charge is 0.369 e. The fourth-order valence-corrected chi connectivity index (χ4v) is 3.13. The number of anilines is 1. The highest BCUT2D eigenvalue weighted by atomic mass is 79.9. The van der Waals surface area contributed by atoms with Gasteiger partial charge < -0.3 is 5.32 Å². The van der Waals surface area contributed by atoms with Crippen molar-refractivity contribution in [1.29, 1.82) is 0 Å². The first-order valence-electron chi connectivity index (χ1n) is 5.78. The van der Waals surface area contributed by atoms with E-state index in [-0.39, 0.29) is 0 Å². The molecule has 0 radical (unpaired) electrons. The zero-order valence-electron chi connectivity index (χ0n) is 9.85. The SMILES string of the molecule is CCCC(CCCl)CNc1ncc(Br)cc1Br. The molecule has 0 aromatic carbocycles. The molecule has 1 aromatic rings. The van der Waals surface area contributed by atoms with Gasteiger partial charge in [-0.05, 0) is 56.7 Å². The van der Waals surface area contributed by atoms with E-state index >= 15 is 0 Å². The Morgan fingerprint density at radius 1 is 1.41 bits per heavy atom. The highest BCUT2D eigenvalue weighted by Crippen LogP contribution is 2.24. The van der Waals surface area contributed by atoms with Crippen LogP contribution in [0.4, 0.5) is 5.82 Å². The van der Waals surface area contributed by atoms with Crippen LogP contribution in [0, 0.1) is 5.92 Å². The van der Waals surface area contributed by atoms with E-state index in [2.05, 4.69) is 49.1 Å². The van der Waals surface area contributed by atoms with Gasteiger partial charge in [0.1, 0.15) is 5.82 Å². The molecule has 2 nitrogen and oxygen atoms in total. The van der Waals surface area contributed by atoms with Crippen LogP contribution in [0.25, 0.3) is 0 Å². The zero-order valence-corrected chi connectivity index (χ0v) is 13.8. The number of halogens is 3. The van der Waals surface area contributed by atoms with E-state index in [1.165, 1.54) is 12.8 Å². The van der Waals surface area contributed by atoms with Gasteiger partial charge in [-0.25, -0.2) is 4.98 Å². The van der Waals surface area contributed by atoms with Crippen LogP contribution in [0.5, 0.6) is 0 Å². The molecule has 0 saturated carbocycles. The molecule has 0 fully saturated rings. The second-order valence-electron chi connectivity index (χ2n) is 4.00. The molecule has 1 aromatic heterocycles. The summed E-state index contributed by atoms with van der Waals surface area (Å²) in [6, 6.07) is 1.99. The van der Waals surface area contributed by atoms with Gasteiger partial charge in [0.2, 0.25) is 0 Å². The summed E-state index contributed by atoms with van der Waals surface area (Å²) >= 11 is 12.7. The third-order valence-corrected chi connectivity index (χ3v) is 3.84. The first kappa shape index (κ1) is 15.3. The summed E-state index contributed by atoms with van der Waals surface area (Å²) in [4.78, 5) is 4.33. The molecular formula is C12H17Br2ClN2. The number of aromatic nitrogens is 1. The van der Waals surface area contributed by atoms with Crippen molar-refractivity contribution < 1.29 is 0 Å². The van der Waals surface area contributed by atoms with Crippen molar-refractivity contribution in [2.45, 2.75) is 26.2 Å². The first-order valence-corrected chi connectivity index (χ1v) is 7.90. The molecule has 17 heavy (non-hydrogen) atoms. The average molecular weight is 385 g/mol. The molecule has 96 valence electrons. The summed E-state index contributed by atoms with van der Waals surface area (Å²) in [5.74, 6) is 2.24. The van der Waals surface area contributed by atoms with Crippen LogP contribution in [0.3, 0.4) is 0 Å². The Morgan fingerprint density at radius 2 is 2.18 bits per heavy atom. The molecule has 1 atom stereocenters. The van der Waals surface area contributed by atoms with E-state index in [0.29, 0.717) is 5.92 Å². The molecule has 0 bridgehead atoms. The lowest BCUT2D eigenvalue weighted by molar-refractivity contribution is 0.489. The summed E-state index contributed by atoms with van der Waals surface area (Å²) in [5, 5.41) is 3.37. The maximum Gasteiger partial charge on any atom is 0.140 e. The van der Waals surface area contributed by atoms with E-state index in [9.17, 15) is 0 Å². The Labute approximate surface area is 125 Å². The lowest BCUT2D eigenvalue weighted by atomic mass is 10.0. The van der Waals surface area contributed by atoms with E-state index in [4.69, 9.17) is 11.6 Å². The van der Waals surface area contributed by atoms with Gasteiger partial charge in [0.05, 0.1) is 4.47 Å². The number of rotatable bonds is 7. The topological polar surface area (TPSA) is 24.9 Å². The molecule has 0 aliphatic carbocycles. The summed E-state index contributed by atoms with van der Waals surface area (Å²) in [5.41, 5.74) is 0. The van der Waals surface area contributed by atoms with Gasteiger partial charge >= 0.3 is 0 Å². The Kier molecular flexibility index (Phi) is 7.47. The summed E-state index contributed by atoms with van der Waals surface area (Å²) in [6.45, 7) is 3.13. The number of nitrogens with one attached hydrogen (secondary N) is 1. The average Bonchev–Trinajstić information content (AvgIpc) is 2.28. The minimum atomic E-state index is 0.620. The molecule has 1 unspecified atom stereocenters. The number of pyridine rings is 1. The molecule has 0 spiro atoms. The maximum absolute atomic E-state index is 5.81. The van der Waals surface area contributed by atoms with Gasteiger partial charge in [-0.2, -0.15) is 0 Å². The number of hydrogen-bond acceptors (Lipinski definition) is 2. The van der Waals surface area contributed by atoms with Crippen molar-refractivity contribution in [3.63, 3.8) is 0 Å². The lowest BCUT2D eigenvalue weighted by Crippen LogP contribution is -2.15. The van der Waals surface area contributed by atoms with Gasteiger partial charge in [0.25, 0.3) is 0 Å². The van der Waals surface area contributed by atoms with Crippen LogP contribution < -0.4 is 5.32 Å². The highest BCUT2D eigenvalue weighted by Gasteiger charge is 2.08. The van der Waals surface area contributed by atoms with E-state index in [0.717, 1.165) is 33.6 Å². The summed E-state index contributed by atoms with van der Waals surface area (Å²) in [7, 11) is 0. The summed E-state index contributed by atoms with van der Waals surface area (Å²) in [6.07, 6.45) is 5.24. The van der Waals surface area contributed by atoms with Crippen LogP contribution in [0.1, 0.15) is 26.2 Å².